The van der Waals surface area contributed by atoms with Crippen molar-refractivity contribution in [2.75, 3.05) is 18.5 Å². The number of rotatable bonds is 7. The van der Waals surface area contributed by atoms with E-state index in [9.17, 15) is 0 Å². The van der Waals surface area contributed by atoms with E-state index >= 15 is 0 Å². The molecule has 3 aromatic rings. The number of anilines is 1. The monoisotopic (exact) mass is 307 g/mol. The molecular formula is C19H21N3O. The smallest absolute Gasteiger partial charge is 0.137 e. The van der Waals surface area contributed by atoms with Gasteiger partial charge in [-0.15, -0.1) is 0 Å². The average Bonchev–Trinajstić information content (AvgIpc) is 2.61. The maximum absolute atomic E-state index is 5.54. The van der Waals surface area contributed by atoms with Gasteiger partial charge in [0.2, 0.25) is 0 Å². The Morgan fingerprint density at radius 3 is 2.61 bits per heavy atom. The van der Waals surface area contributed by atoms with Gasteiger partial charge in [-0.1, -0.05) is 36.4 Å². The number of ether oxygens (including phenoxy) is 1. The van der Waals surface area contributed by atoms with Crippen molar-refractivity contribution in [3.63, 3.8) is 0 Å². The lowest BCUT2D eigenvalue weighted by atomic mass is 10.1. The fourth-order valence-corrected chi connectivity index (χ4v) is 2.62. The topological polar surface area (TPSA) is 47.0 Å². The van der Waals surface area contributed by atoms with Crippen molar-refractivity contribution < 1.29 is 4.74 Å². The molecule has 0 fully saturated rings. The number of benzene rings is 2. The fraction of sp³-hybridized carbons (Fsp3) is 0.263. The summed E-state index contributed by atoms with van der Waals surface area (Å²) in [5.74, 6) is 0.887. The Hall–Kier alpha value is -2.46. The molecule has 0 aliphatic heterocycles. The summed E-state index contributed by atoms with van der Waals surface area (Å²) in [5.41, 5.74) is 3.53. The molecule has 1 heterocycles. The molecule has 0 bridgehead atoms. The van der Waals surface area contributed by atoms with Crippen molar-refractivity contribution in [2.45, 2.75) is 20.0 Å². The predicted octanol–water partition coefficient (Wildman–Crippen LogP) is 3.82. The largest absolute Gasteiger partial charge is 0.377 e. The summed E-state index contributed by atoms with van der Waals surface area (Å²) in [6, 6.07) is 16.5. The van der Waals surface area contributed by atoms with Gasteiger partial charge in [-0.3, -0.25) is 0 Å². The molecule has 0 atom stereocenters. The van der Waals surface area contributed by atoms with E-state index in [4.69, 9.17) is 4.74 Å². The number of nitrogens with one attached hydrogen (secondary N) is 1. The van der Waals surface area contributed by atoms with E-state index in [1.165, 1.54) is 11.1 Å². The van der Waals surface area contributed by atoms with Gasteiger partial charge in [0.25, 0.3) is 0 Å². The van der Waals surface area contributed by atoms with Crippen LogP contribution in [-0.4, -0.2) is 23.1 Å². The summed E-state index contributed by atoms with van der Waals surface area (Å²) in [7, 11) is 0. The molecule has 118 valence electrons. The van der Waals surface area contributed by atoms with Crippen LogP contribution in [0, 0.1) is 0 Å². The van der Waals surface area contributed by atoms with E-state index in [1.54, 1.807) is 6.33 Å². The minimum atomic E-state index is 0.670. The lowest BCUT2D eigenvalue weighted by Gasteiger charge is -2.11. The highest BCUT2D eigenvalue weighted by atomic mass is 16.5. The maximum Gasteiger partial charge on any atom is 0.137 e. The molecule has 0 saturated heterocycles. The maximum atomic E-state index is 5.54. The minimum Gasteiger partial charge on any atom is -0.377 e. The molecular weight excluding hydrogens is 286 g/mol. The van der Waals surface area contributed by atoms with Crippen LogP contribution in [-0.2, 0) is 17.8 Å². The molecule has 1 N–H and O–H groups in total. The molecule has 0 aliphatic rings. The van der Waals surface area contributed by atoms with Crippen LogP contribution < -0.4 is 5.32 Å². The van der Waals surface area contributed by atoms with E-state index < -0.39 is 0 Å². The molecule has 0 spiro atoms. The Kier molecular flexibility index (Phi) is 5.17. The Bertz CT molecular complexity index is 768. The summed E-state index contributed by atoms with van der Waals surface area (Å²) in [6.45, 7) is 4.25. The first-order chi connectivity index (χ1) is 11.4. The van der Waals surface area contributed by atoms with Crippen molar-refractivity contribution in [3.05, 3.63) is 66.0 Å². The minimum absolute atomic E-state index is 0.670. The number of para-hydroxylation sites is 1. The third-order valence-corrected chi connectivity index (χ3v) is 3.81. The van der Waals surface area contributed by atoms with Gasteiger partial charge >= 0.3 is 0 Å². The summed E-state index contributed by atoms with van der Waals surface area (Å²) >= 11 is 0. The average molecular weight is 307 g/mol. The first-order valence-corrected chi connectivity index (χ1v) is 7.96. The number of hydrogen-bond donors (Lipinski definition) is 1. The van der Waals surface area contributed by atoms with Crippen LogP contribution in [0.4, 0.5) is 5.82 Å². The third-order valence-electron chi connectivity index (χ3n) is 3.81. The standard InChI is InChI=1S/C19H21N3O/c1-2-23-13-16-8-4-3-7-15(16)11-12-20-19-17-9-5-6-10-18(17)21-14-22-19/h3-10,14H,2,11-13H2,1H3,(H,20,21,22). The van der Waals surface area contributed by atoms with Crippen molar-refractivity contribution >= 4 is 16.7 Å². The Balaban J connectivity index is 1.67. The Morgan fingerprint density at radius 2 is 1.74 bits per heavy atom. The van der Waals surface area contributed by atoms with Gasteiger partial charge < -0.3 is 10.1 Å². The molecule has 0 radical (unpaired) electrons. The highest BCUT2D eigenvalue weighted by Gasteiger charge is 2.04. The quantitative estimate of drug-likeness (QED) is 0.721. The van der Waals surface area contributed by atoms with Gasteiger partial charge in [-0.05, 0) is 36.6 Å². The zero-order valence-electron chi connectivity index (χ0n) is 13.3. The van der Waals surface area contributed by atoms with Gasteiger partial charge in [-0.25, -0.2) is 9.97 Å². The molecule has 0 unspecified atom stereocenters. The normalized spacial score (nSPS) is 10.8. The van der Waals surface area contributed by atoms with Crippen LogP contribution in [0.15, 0.2) is 54.9 Å². The van der Waals surface area contributed by atoms with Crippen LogP contribution in [0.1, 0.15) is 18.1 Å². The van der Waals surface area contributed by atoms with Crippen LogP contribution in [0.2, 0.25) is 0 Å². The van der Waals surface area contributed by atoms with E-state index in [-0.39, 0.29) is 0 Å². The second kappa shape index (κ2) is 7.70. The number of hydrogen-bond acceptors (Lipinski definition) is 4. The van der Waals surface area contributed by atoms with E-state index in [0.29, 0.717) is 6.61 Å². The zero-order chi connectivity index (χ0) is 15.9. The van der Waals surface area contributed by atoms with Gasteiger partial charge in [0.05, 0.1) is 12.1 Å². The van der Waals surface area contributed by atoms with Crippen molar-refractivity contribution in [3.8, 4) is 0 Å². The highest BCUT2D eigenvalue weighted by Crippen LogP contribution is 2.18. The van der Waals surface area contributed by atoms with E-state index in [1.807, 2.05) is 31.2 Å². The summed E-state index contributed by atoms with van der Waals surface area (Å²) in [4.78, 5) is 8.65. The summed E-state index contributed by atoms with van der Waals surface area (Å²) < 4.78 is 5.54. The molecule has 23 heavy (non-hydrogen) atoms. The molecule has 4 nitrogen and oxygen atoms in total. The molecule has 0 saturated carbocycles. The Morgan fingerprint density at radius 1 is 0.957 bits per heavy atom. The van der Waals surface area contributed by atoms with Crippen LogP contribution in [0.5, 0.6) is 0 Å². The second-order valence-electron chi connectivity index (χ2n) is 5.32. The van der Waals surface area contributed by atoms with Crippen molar-refractivity contribution in [2.24, 2.45) is 0 Å². The van der Waals surface area contributed by atoms with Crippen molar-refractivity contribution in [1.82, 2.24) is 9.97 Å². The highest BCUT2D eigenvalue weighted by molar-refractivity contribution is 5.88. The number of nitrogens with zero attached hydrogens (tertiary/aromatic N) is 2. The third kappa shape index (κ3) is 3.85. The lowest BCUT2D eigenvalue weighted by Crippen LogP contribution is -2.09. The zero-order valence-corrected chi connectivity index (χ0v) is 13.3. The van der Waals surface area contributed by atoms with E-state index in [2.05, 4.69) is 39.6 Å². The molecule has 3 rings (SSSR count). The fourth-order valence-electron chi connectivity index (χ4n) is 2.62. The molecule has 2 aromatic carbocycles. The van der Waals surface area contributed by atoms with Crippen LogP contribution in [0.3, 0.4) is 0 Å². The van der Waals surface area contributed by atoms with Crippen LogP contribution >= 0.6 is 0 Å². The summed E-state index contributed by atoms with van der Waals surface area (Å²) in [6.07, 6.45) is 2.54. The second-order valence-corrected chi connectivity index (χ2v) is 5.32. The van der Waals surface area contributed by atoms with Gasteiger partial charge in [0.1, 0.15) is 12.1 Å². The molecule has 0 aliphatic carbocycles. The molecule has 4 heteroatoms. The SMILES string of the molecule is CCOCc1ccccc1CCNc1ncnc2ccccc12. The number of aromatic nitrogens is 2. The number of fused-ring (bicyclic) bond motifs is 1. The van der Waals surface area contributed by atoms with Gasteiger partial charge in [0, 0.05) is 18.5 Å². The first-order valence-electron chi connectivity index (χ1n) is 7.96. The lowest BCUT2D eigenvalue weighted by molar-refractivity contribution is 0.133. The summed E-state index contributed by atoms with van der Waals surface area (Å²) in [5, 5.41) is 4.48. The van der Waals surface area contributed by atoms with Gasteiger partial charge in [0.15, 0.2) is 0 Å². The molecule has 0 amide bonds. The Labute approximate surface area is 136 Å². The molecule has 1 aromatic heterocycles. The van der Waals surface area contributed by atoms with Crippen LogP contribution in [0.25, 0.3) is 10.9 Å². The predicted molar refractivity (Wildman–Crippen MR) is 93.5 cm³/mol. The van der Waals surface area contributed by atoms with Gasteiger partial charge in [-0.2, -0.15) is 0 Å². The first kappa shape index (κ1) is 15.4. The van der Waals surface area contributed by atoms with E-state index in [0.717, 1.165) is 36.3 Å². The van der Waals surface area contributed by atoms with Crippen molar-refractivity contribution in [1.29, 1.82) is 0 Å².